The molecule has 0 aromatic carbocycles. The Kier molecular flexibility index (Phi) is 1.98. The van der Waals surface area contributed by atoms with Gasteiger partial charge in [-0.05, 0) is 51.7 Å². The van der Waals surface area contributed by atoms with Gasteiger partial charge in [0.15, 0.2) is 0 Å². The first-order chi connectivity index (χ1) is 6.09. The molecular weight excluding hydrogens is 158 g/mol. The normalized spacial score (nSPS) is 22.5. The van der Waals surface area contributed by atoms with Crippen LogP contribution in [0.4, 0.5) is 0 Å². The fourth-order valence-corrected chi connectivity index (χ4v) is 2.31. The first-order valence-corrected chi connectivity index (χ1v) is 5.25. The molecular formula is C12H19N. The summed E-state index contributed by atoms with van der Waals surface area (Å²) in [6.45, 7) is 8.13. The summed E-state index contributed by atoms with van der Waals surface area (Å²) in [5.41, 5.74) is 3.45. The van der Waals surface area contributed by atoms with Gasteiger partial charge in [0.25, 0.3) is 0 Å². The van der Waals surface area contributed by atoms with E-state index in [2.05, 4.69) is 37.8 Å². The Balaban J connectivity index is 2.29. The second-order valence-electron chi connectivity index (χ2n) is 5.02. The molecule has 0 saturated carbocycles. The van der Waals surface area contributed by atoms with Crippen LogP contribution in [0, 0.1) is 0 Å². The highest BCUT2D eigenvalue weighted by Crippen LogP contribution is 2.34. The van der Waals surface area contributed by atoms with E-state index in [1.165, 1.54) is 31.5 Å². The summed E-state index contributed by atoms with van der Waals surface area (Å²) < 4.78 is 0. The molecule has 0 fully saturated rings. The minimum Gasteiger partial charge on any atom is -0.367 e. The van der Waals surface area contributed by atoms with Gasteiger partial charge in [0.1, 0.15) is 0 Å². The number of allylic oxidation sites excluding steroid dienone is 3. The SMILES string of the molecule is CC(C)(C)N1CCCC2=C1C=CC2. The van der Waals surface area contributed by atoms with Crippen LogP contribution in [0.1, 0.15) is 40.0 Å². The van der Waals surface area contributed by atoms with Gasteiger partial charge in [-0.25, -0.2) is 0 Å². The fourth-order valence-electron chi connectivity index (χ4n) is 2.31. The van der Waals surface area contributed by atoms with E-state index < -0.39 is 0 Å². The van der Waals surface area contributed by atoms with Crippen LogP contribution in [-0.2, 0) is 0 Å². The van der Waals surface area contributed by atoms with Crippen LogP contribution < -0.4 is 0 Å². The maximum Gasteiger partial charge on any atom is 0.0362 e. The van der Waals surface area contributed by atoms with E-state index in [0.717, 1.165) is 0 Å². The fraction of sp³-hybridized carbons (Fsp3) is 0.667. The number of hydrogen-bond acceptors (Lipinski definition) is 1. The van der Waals surface area contributed by atoms with E-state index in [0.29, 0.717) is 0 Å². The molecule has 0 spiro atoms. The first kappa shape index (κ1) is 8.86. The van der Waals surface area contributed by atoms with Gasteiger partial charge in [-0.15, -0.1) is 0 Å². The monoisotopic (exact) mass is 177 g/mol. The molecule has 1 nitrogen and oxygen atoms in total. The molecule has 0 atom stereocenters. The molecule has 2 rings (SSSR count). The predicted molar refractivity (Wildman–Crippen MR) is 56.5 cm³/mol. The van der Waals surface area contributed by atoms with Gasteiger partial charge in [-0.1, -0.05) is 6.08 Å². The van der Waals surface area contributed by atoms with Crippen LogP contribution >= 0.6 is 0 Å². The standard InChI is InChI=1S/C12H19N/c1-12(2,3)13-9-5-7-10-6-4-8-11(10)13/h4,8H,5-7,9H2,1-3H3. The molecule has 2 aliphatic rings. The molecule has 1 heteroatoms. The molecule has 1 heterocycles. The molecule has 13 heavy (non-hydrogen) atoms. The maximum absolute atomic E-state index is 2.55. The van der Waals surface area contributed by atoms with E-state index in [9.17, 15) is 0 Å². The molecule has 1 aliphatic heterocycles. The van der Waals surface area contributed by atoms with Crippen LogP contribution in [0.3, 0.4) is 0 Å². The van der Waals surface area contributed by atoms with Crippen LogP contribution in [0.25, 0.3) is 0 Å². The summed E-state index contributed by atoms with van der Waals surface area (Å²) in [5.74, 6) is 0. The Morgan fingerprint density at radius 2 is 2.08 bits per heavy atom. The topological polar surface area (TPSA) is 3.24 Å². The van der Waals surface area contributed by atoms with Crippen molar-refractivity contribution in [2.24, 2.45) is 0 Å². The highest BCUT2D eigenvalue weighted by molar-refractivity contribution is 5.35. The zero-order chi connectivity index (χ0) is 9.47. The molecule has 0 unspecified atom stereocenters. The zero-order valence-corrected chi connectivity index (χ0v) is 8.93. The lowest BCUT2D eigenvalue weighted by molar-refractivity contribution is 0.178. The average molecular weight is 177 g/mol. The Bertz CT molecular complexity index is 265. The lowest BCUT2D eigenvalue weighted by Gasteiger charge is -2.41. The Morgan fingerprint density at radius 1 is 1.31 bits per heavy atom. The van der Waals surface area contributed by atoms with Crippen molar-refractivity contribution in [2.45, 2.75) is 45.6 Å². The number of nitrogens with zero attached hydrogens (tertiary/aromatic N) is 1. The van der Waals surface area contributed by atoms with Crippen LogP contribution in [0.5, 0.6) is 0 Å². The van der Waals surface area contributed by atoms with Crippen molar-refractivity contribution in [3.05, 3.63) is 23.4 Å². The van der Waals surface area contributed by atoms with Gasteiger partial charge in [0, 0.05) is 17.8 Å². The third-order valence-corrected chi connectivity index (χ3v) is 2.96. The predicted octanol–water partition coefficient (Wildman–Crippen LogP) is 3.09. The molecule has 0 amide bonds. The van der Waals surface area contributed by atoms with Gasteiger partial charge in [0.2, 0.25) is 0 Å². The lowest BCUT2D eigenvalue weighted by atomic mass is 9.97. The van der Waals surface area contributed by atoms with Crippen LogP contribution in [-0.4, -0.2) is 17.0 Å². The summed E-state index contributed by atoms with van der Waals surface area (Å²) >= 11 is 0. The van der Waals surface area contributed by atoms with Crippen molar-refractivity contribution in [2.75, 3.05) is 6.54 Å². The Labute approximate surface area is 81.1 Å². The molecule has 0 aromatic heterocycles. The van der Waals surface area contributed by atoms with Gasteiger partial charge >= 0.3 is 0 Å². The van der Waals surface area contributed by atoms with Crippen molar-refractivity contribution in [3.63, 3.8) is 0 Å². The lowest BCUT2D eigenvalue weighted by Crippen LogP contribution is -2.42. The summed E-state index contributed by atoms with van der Waals surface area (Å²) in [7, 11) is 0. The van der Waals surface area contributed by atoms with E-state index >= 15 is 0 Å². The third-order valence-electron chi connectivity index (χ3n) is 2.96. The van der Waals surface area contributed by atoms with Gasteiger partial charge in [-0.2, -0.15) is 0 Å². The molecule has 0 bridgehead atoms. The van der Waals surface area contributed by atoms with E-state index in [-0.39, 0.29) is 5.54 Å². The third kappa shape index (κ3) is 1.52. The minimum atomic E-state index is 0.287. The second kappa shape index (κ2) is 2.90. The first-order valence-electron chi connectivity index (χ1n) is 5.25. The van der Waals surface area contributed by atoms with Crippen molar-refractivity contribution >= 4 is 0 Å². The highest BCUT2D eigenvalue weighted by Gasteiger charge is 2.28. The summed E-state index contributed by atoms with van der Waals surface area (Å²) in [6.07, 6.45) is 8.45. The van der Waals surface area contributed by atoms with E-state index in [4.69, 9.17) is 0 Å². The number of hydrogen-bond donors (Lipinski definition) is 0. The van der Waals surface area contributed by atoms with Crippen LogP contribution in [0.15, 0.2) is 23.4 Å². The van der Waals surface area contributed by atoms with Crippen LogP contribution in [0.2, 0.25) is 0 Å². The smallest absolute Gasteiger partial charge is 0.0362 e. The maximum atomic E-state index is 2.55. The van der Waals surface area contributed by atoms with Crippen molar-refractivity contribution in [1.29, 1.82) is 0 Å². The van der Waals surface area contributed by atoms with E-state index in [1.54, 1.807) is 5.57 Å². The second-order valence-corrected chi connectivity index (χ2v) is 5.02. The molecule has 0 radical (unpaired) electrons. The van der Waals surface area contributed by atoms with Crippen molar-refractivity contribution < 1.29 is 0 Å². The van der Waals surface area contributed by atoms with Gasteiger partial charge in [-0.3, -0.25) is 0 Å². The molecule has 72 valence electrons. The quantitative estimate of drug-likeness (QED) is 0.549. The largest absolute Gasteiger partial charge is 0.367 e. The van der Waals surface area contributed by atoms with Gasteiger partial charge < -0.3 is 4.90 Å². The Hall–Kier alpha value is -0.720. The molecule has 0 aromatic rings. The average Bonchev–Trinajstić information content (AvgIpc) is 2.48. The summed E-state index contributed by atoms with van der Waals surface area (Å²) in [4.78, 5) is 2.55. The Morgan fingerprint density at radius 3 is 2.77 bits per heavy atom. The van der Waals surface area contributed by atoms with Crippen molar-refractivity contribution in [3.8, 4) is 0 Å². The number of rotatable bonds is 0. The highest BCUT2D eigenvalue weighted by atomic mass is 15.2. The van der Waals surface area contributed by atoms with Gasteiger partial charge in [0.05, 0.1) is 0 Å². The summed E-state index contributed by atoms with van der Waals surface area (Å²) in [6, 6.07) is 0. The molecule has 0 saturated heterocycles. The minimum absolute atomic E-state index is 0.287. The molecule has 0 N–H and O–H groups in total. The van der Waals surface area contributed by atoms with Crippen molar-refractivity contribution in [1.82, 2.24) is 4.90 Å². The molecule has 1 aliphatic carbocycles. The zero-order valence-electron chi connectivity index (χ0n) is 8.93. The summed E-state index contributed by atoms with van der Waals surface area (Å²) in [5, 5.41) is 0. The van der Waals surface area contributed by atoms with E-state index in [1.807, 2.05) is 0 Å².